The largest absolute Gasteiger partial charge is 0.376 e. The zero-order valence-electron chi connectivity index (χ0n) is 10.9. The second kappa shape index (κ2) is 5.72. The number of hydrogen-bond acceptors (Lipinski definition) is 3. The second-order valence-corrected chi connectivity index (χ2v) is 5.46. The van der Waals surface area contributed by atoms with Crippen molar-refractivity contribution in [1.82, 2.24) is 10.2 Å². The summed E-state index contributed by atoms with van der Waals surface area (Å²) in [7, 11) is 0. The molecule has 0 aromatic heterocycles. The van der Waals surface area contributed by atoms with Crippen molar-refractivity contribution < 1.29 is 4.79 Å². The van der Waals surface area contributed by atoms with Crippen molar-refractivity contribution in [3.8, 4) is 6.07 Å². The van der Waals surface area contributed by atoms with Crippen LogP contribution in [0.1, 0.15) is 40.0 Å². The molecule has 0 aliphatic carbocycles. The molecule has 1 rings (SSSR count). The van der Waals surface area contributed by atoms with E-state index in [2.05, 4.69) is 10.2 Å². The maximum absolute atomic E-state index is 11.8. The van der Waals surface area contributed by atoms with Gasteiger partial charge in [0.05, 0.1) is 0 Å². The first kappa shape index (κ1) is 13.6. The molecule has 0 atom stereocenters. The van der Waals surface area contributed by atoms with Crippen LogP contribution in [0.2, 0.25) is 0 Å². The van der Waals surface area contributed by atoms with Gasteiger partial charge in [0.1, 0.15) is 11.6 Å². The Hall–Kier alpha value is -1.50. The number of nitrogens with zero attached hydrogens (tertiary/aromatic N) is 2. The zero-order valence-corrected chi connectivity index (χ0v) is 10.9. The lowest BCUT2D eigenvalue weighted by Gasteiger charge is -2.26. The third-order valence-electron chi connectivity index (χ3n) is 2.56. The molecule has 0 aromatic carbocycles. The van der Waals surface area contributed by atoms with E-state index in [4.69, 9.17) is 5.26 Å². The standard InChI is InChI=1S/C13H21N3O/c1-13(2,3)15-12(17)11(9-14)10-16-7-5-4-6-8-16/h10H,4-8H2,1-3H3,(H,15,17)/b11-10-. The van der Waals surface area contributed by atoms with Gasteiger partial charge >= 0.3 is 0 Å². The van der Waals surface area contributed by atoms with Crippen molar-refractivity contribution in [3.05, 3.63) is 11.8 Å². The molecule has 1 N–H and O–H groups in total. The van der Waals surface area contributed by atoms with Gasteiger partial charge in [0.25, 0.3) is 5.91 Å². The molecule has 0 unspecified atom stereocenters. The highest BCUT2D eigenvalue weighted by Gasteiger charge is 2.18. The molecular formula is C13H21N3O. The van der Waals surface area contributed by atoms with Crippen LogP contribution in [0, 0.1) is 11.3 Å². The van der Waals surface area contributed by atoms with Crippen molar-refractivity contribution >= 4 is 5.91 Å². The number of rotatable bonds is 2. The summed E-state index contributed by atoms with van der Waals surface area (Å²) in [5, 5.41) is 11.8. The van der Waals surface area contributed by atoms with Crippen LogP contribution in [0.3, 0.4) is 0 Å². The van der Waals surface area contributed by atoms with Crippen molar-refractivity contribution in [2.24, 2.45) is 0 Å². The summed E-state index contributed by atoms with van der Waals surface area (Å²) in [6.07, 6.45) is 5.20. The zero-order chi connectivity index (χ0) is 12.9. The number of carbonyl (C=O) groups excluding carboxylic acids is 1. The van der Waals surface area contributed by atoms with E-state index in [0.717, 1.165) is 25.9 Å². The summed E-state index contributed by atoms with van der Waals surface area (Å²) < 4.78 is 0. The predicted molar refractivity (Wildman–Crippen MR) is 67.0 cm³/mol. The van der Waals surface area contributed by atoms with Crippen LogP contribution < -0.4 is 5.32 Å². The Morgan fingerprint density at radius 3 is 2.35 bits per heavy atom. The molecule has 17 heavy (non-hydrogen) atoms. The van der Waals surface area contributed by atoms with E-state index in [9.17, 15) is 4.79 Å². The smallest absolute Gasteiger partial charge is 0.263 e. The summed E-state index contributed by atoms with van der Waals surface area (Å²) in [5.41, 5.74) is -0.114. The van der Waals surface area contributed by atoms with Gasteiger partial charge in [-0.15, -0.1) is 0 Å². The van der Waals surface area contributed by atoms with Crippen LogP contribution in [0.5, 0.6) is 0 Å². The monoisotopic (exact) mass is 235 g/mol. The Balaban J connectivity index is 2.67. The van der Waals surface area contributed by atoms with E-state index in [0.29, 0.717) is 0 Å². The molecule has 4 heteroatoms. The highest BCUT2D eigenvalue weighted by atomic mass is 16.1. The van der Waals surface area contributed by atoms with Crippen LogP contribution in [0.25, 0.3) is 0 Å². The molecule has 94 valence electrons. The van der Waals surface area contributed by atoms with E-state index in [1.165, 1.54) is 6.42 Å². The summed E-state index contributed by atoms with van der Waals surface area (Å²) in [4.78, 5) is 13.9. The van der Waals surface area contributed by atoms with E-state index in [-0.39, 0.29) is 17.0 Å². The summed E-state index contributed by atoms with van der Waals surface area (Å²) in [6.45, 7) is 7.59. The second-order valence-electron chi connectivity index (χ2n) is 5.46. The van der Waals surface area contributed by atoms with Gasteiger partial charge in [-0.05, 0) is 40.0 Å². The normalized spacial score (nSPS) is 17.5. The first-order valence-electron chi connectivity index (χ1n) is 6.11. The number of nitriles is 1. The molecule has 4 nitrogen and oxygen atoms in total. The van der Waals surface area contributed by atoms with E-state index in [1.807, 2.05) is 26.8 Å². The highest BCUT2D eigenvalue weighted by molar-refractivity contribution is 5.97. The van der Waals surface area contributed by atoms with Crippen molar-refractivity contribution in [3.63, 3.8) is 0 Å². The third kappa shape index (κ3) is 4.90. The minimum absolute atomic E-state index is 0.196. The molecule has 1 amide bonds. The highest BCUT2D eigenvalue weighted by Crippen LogP contribution is 2.11. The van der Waals surface area contributed by atoms with Gasteiger partial charge in [0.2, 0.25) is 0 Å². The average molecular weight is 235 g/mol. The van der Waals surface area contributed by atoms with Gasteiger partial charge in [0, 0.05) is 24.8 Å². The SMILES string of the molecule is CC(C)(C)NC(=O)/C(C#N)=C\N1CCCCC1. The molecule has 1 aliphatic heterocycles. The predicted octanol–water partition coefficient (Wildman–Crippen LogP) is 1.79. The molecule has 0 aromatic rings. The van der Waals surface area contributed by atoms with Gasteiger partial charge < -0.3 is 10.2 Å². The fourth-order valence-corrected chi connectivity index (χ4v) is 1.78. The Kier molecular flexibility index (Phi) is 4.56. The number of carbonyl (C=O) groups is 1. The summed E-state index contributed by atoms with van der Waals surface area (Å²) in [6, 6.07) is 1.98. The summed E-state index contributed by atoms with van der Waals surface area (Å²) in [5.74, 6) is -0.287. The van der Waals surface area contributed by atoms with Crippen molar-refractivity contribution in [1.29, 1.82) is 5.26 Å². The number of amides is 1. The van der Waals surface area contributed by atoms with Crippen LogP contribution in [-0.2, 0) is 4.79 Å². The van der Waals surface area contributed by atoms with Crippen molar-refractivity contribution in [2.45, 2.75) is 45.6 Å². The van der Waals surface area contributed by atoms with Crippen LogP contribution in [0.4, 0.5) is 0 Å². The minimum Gasteiger partial charge on any atom is -0.376 e. The van der Waals surface area contributed by atoms with Crippen LogP contribution >= 0.6 is 0 Å². The minimum atomic E-state index is -0.311. The molecule has 0 bridgehead atoms. The van der Waals surface area contributed by atoms with E-state index in [1.54, 1.807) is 6.20 Å². The Labute approximate surface area is 103 Å². The number of likely N-dealkylation sites (tertiary alicyclic amines) is 1. The number of hydrogen-bond donors (Lipinski definition) is 1. The van der Waals surface area contributed by atoms with Crippen LogP contribution in [0.15, 0.2) is 11.8 Å². The fourth-order valence-electron chi connectivity index (χ4n) is 1.78. The molecule has 1 fully saturated rings. The lowest BCUT2D eigenvalue weighted by Crippen LogP contribution is -2.41. The molecule has 1 heterocycles. The van der Waals surface area contributed by atoms with E-state index < -0.39 is 0 Å². The number of piperidine rings is 1. The Bertz CT molecular complexity index is 341. The van der Waals surface area contributed by atoms with Gasteiger partial charge in [0.15, 0.2) is 0 Å². The Morgan fingerprint density at radius 1 is 1.29 bits per heavy atom. The van der Waals surface area contributed by atoms with Gasteiger partial charge in [-0.2, -0.15) is 5.26 Å². The maximum Gasteiger partial charge on any atom is 0.263 e. The lowest BCUT2D eigenvalue weighted by molar-refractivity contribution is -0.118. The number of nitrogens with one attached hydrogen (secondary N) is 1. The van der Waals surface area contributed by atoms with Gasteiger partial charge in [-0.25, -0.2) is 0 Å². The molecule has 1 aliphatic rings. The molecule has 0 spiro atoms. The van der Waals surface area contributed by atoms with E-state index >= 15 is 0 Å². The average Bonchev–Trinajstić information content (AvgIpc) is 2.24. The third-order valence-corrected chi connectivity index (χ3v) is 2.56. The quantitative estimate of drug-likeness (QED) is 0.586. The van der Waals surface area contributed by atoms with Crippen molar-refractivity contribution in [2.75, 3.05) is 13.1 Å². The summed E-state index contributed by atoms with van der Waals surface area (Å²) >= 11 is 0. The first-order chi connectivity index (χ1) is 7.92. The van der Waals surface area contributed by atoms with Crippen LogP contribution in [-0.4, -0.2) is 29.4 Å². The molecule has 0 saturated carbocycles. The van der Waals surface area contributed by atoms with Gasteiger partial charge in [-0.1, -0.05) is 0 Å². The Morgan fingerprint density at radius 2 is 1.88 bits per heavy atom. The molecule has 0 radical (unpaired) electrons. The maximum atomic E-state index is 11.8. The molecule has 1 saturated heterocycles. The fraction of sp³-hybridized carbons (Fsp3) is 0.692. The lowest BCUT2D eigenvalue weighted by atomic mass is 10.1. The first-order valence-corrected chi connectivity index (χ1v) is 6.11. The topological polar surface area (TPSA) is 56.1 Å². The molecular weight excluding hydrogens is 214 g/mol. The van der Waals surface area contributed by atoms with Gasteiger partial charge in [-0.3, -0.25) is 4.79 Å².